The summed E-state index contributed by atoms with van der Waals surface area (Å²) < 4.78 is 0. The fraction of sp³-hybridized carbons (Fsp3) is 0.875. The van der Waals surface area contributed by atoms with Crippen LogP contribution >= 0.6 is 0 Å². The molecule has 0 spiro atoms. The molecule has 0 atom stereocenters. The number of carboxylic acid groups (broad SMARTS) is 1. The Kier molecular flexibility index (Phi) is 24.1. The first-order valence-corrected chi connectivity index (χ1v) is 3.99. The average molecular weight is 347 g/mol. The van der Waals surface area contributed by atoms with Crippen molar-refractivity contribution in [3.05, 3.63) is 0 Å². The van der Waals surface area contributed by atoms with Gasteiger partial charge in [-0.2, -0.15) is 0 Å². The zero-order valence-corrected chi connectivity index (χ0v) is 7.84. The molecule has 1 radical (unpaired) electrons. The molecule has 1 N–H and O–H groups in total. The Bertz CT molecular complexity index is 99.1. The van der Waals surface area contributed by atoms with Gasteiger partial charge in [0.15, 0.2) is 0 Å². The van der Waals surface area contributed by atoms with Gasteiger partial charge in [-0.15, -0.1) is 0 Å². The minimum Gasteiger partial charge on any atom is 0 e. The van der Waals surface area contributed by atoms with Gasteiger partial charge in [0.05, 0.1) is 0 Å². The first-order valence-electron chi connectivity index (χ1n) is 3.99. The van der Waals surface area contributed by atoms with Crippen molar-refractivity contribution >= 4 is 54.9 Å². The van der Waals surface area contributed by atoms with Crippen molar-refractivity contribution < 1.29 is 27.0 Å². The second-order valence-electron chi connectivity index (χ2n) is 2.56. The van der Waals surface area contributed by atoms with E-state index in [2.05, 4.69) is 6.92 Å². The summed E-state index contributed by atoms with van der Waals surface area (Å²) in [5.74, 6) is -0.670. The van der Waals surface area contributed by atoms with Crippen molar-refractivity contribution in [1.82, 2.24) is 0 Å². The van der Waals surface area contributed by atoms with Crippen LogP contribution in [0, 0.1) is 0 Å². The van der Waals surface area contributed by atoms with E-state index in [-0.39, 0.29) is 65.9 Å². The Morgan fingerprint density at radius 1 is 1.17 bits per heavy atom. The molecule has 0 saturated heterocycles. The second kappa shape index (κ2) is 15.1. The molecule has 0 fully saturated rings. The minimum atomic E-state index is -0.670. The fourth-order valence-corrected chi connectivity index (χ4v) is 0.880. The molecule has 12 heavy (non-hydrogen) atoms. The van der Waals surface area contributed by atoms with Gasteiger partial charge in [-0.25, -0.2) is 0 Å². The first kappa shape index (κ1) is 19.2. The molecule has 2 nitrogen and oxygen atoms in total. The molecule has 0 rings (SSSR count). The predicted octanol–water partition coefficient (Wildman–Crippen LogP) is 1.51. The molecule has 0 unspecified atom stereocenters. The van der Waals surface area contributed by atoms with Crippen molar-refractivity contribution in [2.24, 2.45) is 0 Å². The van der Waals surface area contributed by atoms with Gasteiger partial charge in [-0.3, -0.25) is 4.79 Å². The maximum Gasteiger partial charge on any atom is 0 e. The maximum absolute atomic E-state index is 10.0. The maximum atomic E-state index is 10.0. The number of carboxylic acids is 1. The van der Waals surface area contributed by atoms with Crippen molar-refractivity contribution in [3.63, 3.8) is 0 Å². The van der Waals surface area contributed by atoms with Gasteiger partial charge < -0.3 is 5.11 Å². The zero-order chi connectivity index (χ0) is 7.82. The van der Waals surface area contributed by atoms with Crippen LogP contribution in [0.2, 0.25) is 0 Å². The average Bonchev–Trinajstić information content (AvgIpc) is 1.87. The normalized spacial score (nSPS) is 8.08. The van der Waals surface area contributed by atoms with Crippen molar-refractivity contribution in [3.8, 4) is 0 Å². The molecule has 0 aliphatic carbocycles. The summed E-state index contributed by atoms with van der Waals surface area (Å²) in [6.45, 7) is 2.15. The van der Waals surface area contributed by atoms with E-state index in [1.54, 1.807) is 0 Å². The molecule has 0 aromatic heterocycles. The van der Waals surface area contributed by atoms with Gasteiger partial charge in [0.1, 0.15) is 0 Å². The molecule has 75 valence electrons. The molecule has 0 bridgehead atoms. The third-order valence-corrected chi connectivity index (χ3v) is 1.49. The Hall–Kier alpha value is 1.56. The van der Waals surface area contributed by atoms with Gasteiger partial charge >= 0.3 is 54.9 Å². The van der Waals surface area contributed by atoms with Gasteiger partial charge in [-0.05, 0) is 6.42 Å². The quantitative estimate of drug-likeness (QED) is 0.584. The Balaban J connectivity index is -0.000000405. The summed E-state index contributed by atoms with van der Waals surface area (Å²) in [5, 5.41) is 8.27. The Morgan fingerprint density at radius 3 is 2.08 bits per heavy atom. The van der Waals surface area contributed by atoms with E-state index in [4.69, 9.17) is 5.11 Å². The van der Waals surface area contributed by atoms with Crippen LogP contribution in [0.4, 0.5) is 0 Å². The fourth-order valence-electron chi connectivity index (χ4n) is 0.880. The predicted molar refractivity (Wildman–Crippen MR) is 49.6 cm³/mol. The molecule has 4 heteroatoms. The van der Waals surface area contributed by atoms with Crippen LogP contribution in [0.5, 0.6) is 0 Å². The van der Waals surface area contributed by atoms with E-state index in [0.29, 0.717) is 6.42 Å². The van der Waals surface area contributed by atoms with E-state index in [1.165, 1.54) is 19.3 Å². The molecule has 0 aliphatic rings. The molecule has 0 saturated carbocycles. The smallest absolute Gasteiger partial charge is 0 e. The van der Waals surface area contributed by atoms with Crippen LogP contribution in [0.1, 0.15) is 45.4 Å². The first-order chi connectivity index (χ1) is 4.77. The summed E-state index contributed by atoms with van der Waals surface area (Å²) >= 11 is 0. The van der Waals surface area contributed by atoms with E-state index >= 15 is 0 Å². The number of rotatable bonds is 6. The summed E-state index contributed by atoms with van der Waals surface area (Å²) in [6.07, 6.45) is 5.88. The molecular formula is C8H18BaCuO2. The molecule has 0 aliphatic heterocycles. The molecule has 0 aromatic carbocycles. The number of hydrogen-bond acceptors (Lipinski definition) is 1. The Labute approximate surface area is 125 Å². The van der Waals surface area contributed by atoms with Crippen LogP contribution in [0.25, 0.3) is 0 Å². The third-order valence-electron chi connectivity index (χ3n) is 1.49. The van der Waals surface area contributed by atoms with Crippen molar-refractivity contribution in [2.75, 3.05) is 0 Å². The molecule has 0 aromatic rings. The standard InChI is InChI=1S/C8H16O2.Ba.Cu.2H/c1-2-3-4-5-6-7-8(9)10;;;;/h2-7H2,1H3,(H,9,10);;;;. The van der Waals surface area contributed by atoms with Gasteiger partial charge in [0, 0.05) is 23.5 Å². The number of hydrogen-bond donors (Lipinski definition) is 1. The van der Waals surface area contributed by atoms with Crippen LogP contribution in [0.15, 0.2) is 0 Å². The van der Waals surface area contributed by atoms with Crippen molar-refractivity contribution in [2.45, 2.75) is 45.4 Å². The topological polar surface area (TPSA) is 37.3 Å². The number of carbonyl (C=O) groups is 1. The summed E-state index contributed by atoms with van der Waals surface area (Å²) in [6, 6.07) is 0. The van der Waals surface area contributed by atoms with Crippen molar-refractivity contribution in [1.29, 1.82) is 0 Å². The Morgan fingerprint density at radius 2 is 1.67 bits per heavy atom. The summed E-state index contributed by atoms with van der Waals surface area (Å²) in [4.78, 5) is 10.0. The monoisotopic (exact) mass is 347 g/mol. The van der Waals surface area contributed by atoms with Crippen LogP contribution in [-0.2, 0) is 21.9 Å². The van der Waals surface area contributed by atoms with Crippen LogP contribution in [-0.4, -0.2) is 60.0 Å². The largest absolute Gasteiger partial charge is 0 e. The van der Waals surface area contributed by atoms with Gasteiger partial charge in [-0.1, -0.05) is 32.6 Å². The molecule has 0 amide bonds. The molecular weight excluding hydrogens is 329 g/mol. The van der Waals surface area contributed by atoms with Crippen LogP contribution < -0.4 is 0 Å². The van der Waals surface area contributed by atoms with E-state index in [9.17, 15) is 4.79 Å². The zero-order valence-electron chi connectivity index (χ0n) is 6.90. The summed E-state index contributed by atoms with van der Waals surface area (Å²) in [5.41, 5.74) is 0. The van der Waals surface area contributed by atoms with Gasteiger partial charge in [0.25, 0.3) is 0 Å². The number of aliphatic carboxylic acids is 1. The number of unbranched alkanes of at least 4 members (excludes halogenated alkanes) is 4. The van der Waals surface area contributed by atoms with E-state index in [1.807, 2.05) is 0 Å². The van der Waals surface area contributed by atoms with E-state index < -0.39 is 5.97 Å². The molecule has 0 heterocycles. The van der Waals surface area contributed by atoms with Gasteiger partial charge in [0.2, 0.25) is 0 Å². The minimum absolute atomic E-state index is 0. The second-order valence-corrected chi connectivity index (χ2v) is 2.56. The third kappa shape index (κ3) is 17.6. The van der Waals surface area contributed by atoms with Crippen LogP contribution in [0.3, 0.4) is 0 Å². The SMILES string of the molecule is CCCCCCCC(=O)O.[BaH2].[Cu]. The van der Waals surface area contributed by atoms with E-state index in [0.717, 1.165) is 12.8 Å². The summed E-state index contributed by atoms with van der Waals surface area (Å²) in [7, 11) is 0.